The van der Waals surface area contributed by atoms with E-state index in [1.807, 2.05) is 39.2 Å². The SMILES string of the molecule is Cc1ccc(NC(=O)C2CCNC2)c(OCCN(C)C)c1. The van der Waals surface area contributed by atoms with Gasteiger partial charge in [0, 0.05) is 13.1 Å². The molecule has 116 valence electrons. The van der Waals surface area contributed by atoms with Gasteiger partial charge in [-0.1, -0.05) is 6.07 Å². The standard InChI is InChI=1S/C16H25N3O2/c1-12-4-5-14(15(10-12)21-9-8-19(2)3)18-16(20)13-6-7-17-11-13/h4-5,10,13,17H,6-9,11H2,1-3H3,(H,18,20). The number of hydrogen-bond acceptors (Lipinski definition) is 4. The molecule has 0 spiro atoms. The molecular weight excluding hydrogens is 266 g/mol. The summed E-state index contributed by atoms with van der Waals surface area (Å²) in [4.78, 5) is 14.3. The topological polar surface area (TPSA) is 53.6 Å². The molecule has 5 heteroatoms. The summed E-state index contributed by atoms with van der Waals surface area (Å²) < 4.78 is 5.82. The molecule has 0 aliphatic carbocycles. The molecule has 0 radical (unpaired) electrons. The number of ether oxygens (including phenoxy) is 1. The largest absolute Gasteiger partial charge is 0.490 e. The molecule has 0 aromatic heterocycles. The second-order valence-corrected chi connectivity index (χ2v) is 5.83. The fraction of sp³-hybridized carbons (Fsp3) is 0.562. The van der Waals surface area contributed by atoms with Gasteiger partial charge < -0.3 is 20.3 Å². The van der Waals surface area contributed by atoms with Gasteiger partial charge in [0.1, 0.15) is 12.4 Å². The van der Waals surface area contributed by atoms with Gasteiger partial charge in [-0.3, -0.25) is 4.79 Å². The monoisotopic (exact) mass is 291 g/mol. The number of rotatable bonds is 6. The molecule has 2 rings (SSSR count). The molecule has 2 N–H and O–H groups in total. The van der Waals surface area contributed by atoms with Crippen LogP contribution in [0.2, 0.25) is 0 Å². The quantitative estimate of drug-likeness (QED) is 0.834. The second-order valence-electron chi connectivity index (χ2n) is 5.83. The first-order valence-corrected chi connectivity index (χ1v) is 7.46. The Hall–Kier alpha value is -1.59. The highest BCUT2D eigenvalue weighted by molar-refractivity contribution is 5.94. The van der Waals surface area contributed by atoms with Crippen LogP contribution in [0.15, 0.2) is 18.2 Å². The van der Waals surface area contributed by atoms with Crippen molar-refractivity contribution in [2.24, 2.45) is 5.92 Å². The third kappa shape index (κ3) is 4.72. The minimum atomic E-state index is 0.0564. The number of hydrogen-bond donors (Lipinski definition) is 2. The average Bonchev–Trinajstić information content (AvgIpc) is 2.95. The highest BCUT2D eigenvalue weighted by Crippen LogP contribution is 2.26. The molecule has 5 nitrogen and oxygen atoms in total. The number of aryl methyl sites for hydroxylation is 1. The van der Waals surface area contributed by atoms with Crippen LogP contribution in [0.4, 0.5) is 5.69 Å². The van der Waals surface area contributed by atoms with Gasteiger partial charge in [0.05, 0.1) is 11.6 Å². The maximum Gasteiger partial charge on any atom is 0.228 e. The molecule has 1 saturated heterocycles. The lowest BCUT2D eigenvalue weighted by Gasteiger charge is -2.16. The van der Waals surface area contributed by atoms with E-state index in [9.17, 15) is 4.79 Å². The van der Waals surface area contributed by atoms with Crippen LogP contribution in [0.25, 0.3) is 0 Å². The maximum atomic E-state index is 12.2. The maximum absolute atomic E-state index is 12.2. The van der Waals surface area contributed by atoms with Crippen molar-refractivity contribution in [2.75, 3.05) is 45.7 Å². The Labute approximate surface area is 126 Å². The number of benzene rings is 1. The Bertz CT molecular complexity index is 482. The zero-order chi connectivity index (χ0) is 15.2. The summed E-state index contributed by atoms with van der Waals surface area (Å²) >= 11 is 0. The molecule has 1 aliphatic rings. The van der Waals surface area contributed by atoms with Crippen LogP contribution in [-0.4, -0.2) is 51.1 Å². The fourth-order valence-electron chi connectivity index (χ4n) is 2.30. The summed E-state index contributed by atoms with van der Waals surface area (Å²) in [7, 11) is 4.02. The zero-order valence-corrected chi connectivity index (χ0v) is 13.1. The Balaban J connectivity index is 2.01. The summed E-state index contributed by atoms with van der Waals surface area (Å²) in [6, 6.07) is 5.88. The average molecular weight is 291 g/mol. The summed E-state index contributed by atoms with van der Waals surface area (Å²) in [5.41, 5.74) is 1.88. The molecule has 0 saturated carbocycles. The van der Waals surface area contributed by atoms with Gasteiger partial charge >= 0.3 is 0 Å². The van der Waals surface area contributed by atoms with Gasteiger partial charge in [-0.25, -0.2) is 0 Å². The van der Waals surface area contributed by atoms with Crippen LogP contribution in [0.5, 0.6) is 5.75 Å². The number of nitrogens with one attached hydrogen (secondary N) is 2. The Morgan fingerprint density at radius 2 is 2.29 bits per heavy atom. The predicted molar refractivity (Wildman–Crippen MR) is 84.8 cm³/mol. The van der Waals surface area contributed by atoms with E-state index in [2.05, 4.69) is 15.5 Å². The predicted octanol–water partition coefficient (Wildman–Crippen LogP) is 1.48. The van der Waals surface area contributed by atoms with Gasteiger partial charge in [-0.05, 0) is 51.7 Å². The number of anilines is 1. The van der Waals surface area contributed by atoms with Gasteiger partial charge in [0.15, 0.2) is 0 Å². The highest BCUT2D eigenvalue weighted by atomic mass is 16.5. The zero-order valence-electron chi connectivity index (χ0n) is 13.1. The van der Waals surface area contributed by atoms with Gasteiger partial charge in [-0.2, -0.15) is 0 Å². The summed E-state index contributed by atoms with van der Waals surface area (Å²) in [5.74, 6) is 0.874. The molecule has 21 heavy (non-hydrogen) atoms. The van der Waals surface area contributed by atoms with Crippen LogP contribution in [0.1, 0.15) is 12.0 Å². The molecule has 1 aliphatic heterocycles. The van der Waals surface area contributed by atoms with Crippen molar-refractivity contribution in [3.63, 3.8) is 0 Å². The van der Waals surface area contributed by atoms with Crippen LogP contribution in [0.3, 0.4) is 0 Å². The number of nitrogens with zero attached hydrogens (tertiary/aromatic N) is 1. The van der Waals surface area contributed by atoms with Crippen molar-refractivity contribution < 1.29 is 9.53 Å². The lowest BCUT2D eigenvalue weighted by molar-refractivity contribution is -0.119. The molecule has 1 amide bonds. The van der Waals surface area contributed by atoms with Crippen LogP contribution in [-0.2, 0) is 4.79 Å². The van der Waals surface area contributed by atoms with Crippen molar-refractivity contribution >= 4 is 11.6 Å². The Morgan fingerprint density at radius 1 is 1.48 bits per heavy atom. The van der Waals surface area contributed by atoms with Gasteiger partial charge in [-0.15, -0.1) is 0 Å². The van der Waals surface area contributed by atoms with E-state index >= 15 is 0 Å². The molecule has 1 unspecified atom stereocenters. The van der Waals surface area contributed by atoms with E-state index in [1.54, 1.807) is 0 Å². The Morgan fingerprint density at radius 3 is 2.95 bits per heavy atom. The van der Waals surface area contributed by atoms with Crippen molar-refractivity contribution in [1.29, 1.82) is 0 Å². The summed E-state index contributed by atoms with van der Waals surface area (Å²) in [5, 5.41) is 6.21. The van der Waals surface area contributed by atoms with Crippen LogP contribution < -0.4 is 15.4 Å². The fourth-order valence-corrected chi connectivity index (χ4v) is 2.30. The van der Waals surface area contributed by atoms with E-state index < -0.39 is 0 Å². The molecule has 1 aromatic carbocycles. The molecule has 1 aromatic rings. The first kappa shape index (κ1) is 15.8. The second kappa shape index (κ2) is 7.43. The third-order valence-corrected chi connectivity index (χ3v) is 3.62. The first-order valence-electron chi connectivity index (χ1n) is 7.46. The molecule has 1 heterocycles. The minimum absolute atomic E-state index is 0.0564. The lowest BCUT2D eigenvalue weighted by atomic mass is 10.1. The number of likely N-dealkylation sites (N-methyl/N-ethyl adjacent to an activating group) is 1. The Kier molecular flexibility index (Phi) is 5.59. The summed E-state index contributed by atoms with van der Waals surface area (Å²) in [6.45, 7) is 5.14. The van der Waals surface area contributed by atoms with E-state index in [1.165, 1.54) is 0 Å². The number of carbonyl (C=O) groups excluding carboxylic acids is 1. The number of amides is 1. The third-order valence-electron chi connectivity index (χ3n) is 3.62. The van der Waals surface area contributed by atoms with E-state index in [-0.39, 0.29) is 11.8 Å². The van der Waals surface area contributed by atoms with Crippen molar-refractivity contribution in [3.05, 3.63) is 23.8 Å². The van der Waals surface area contributed by atoms with E-state index in [4.69, 9.17) is 4.74 Å². The van der Waals surface area contributed by atoms with E-state index in [0.29, 0.717) is 6.61 Å². The van der Waals surface area contributed by atoms with Gasteiger partial charge in [0.2, 0.25) is 5.91 Å². The molecule has 0 bridgehead atoms. The van der Waals surface area contributed by atoms with Crippen LogP contribution >= 0.6 is 0 Å². The van der Waals surface area contributed by atoms with Gasteiger partial charge in [0.25, 0.3) is 0 Å². The minimum Gasteiger partial charge on any atom is -0.490 e. The van der Waals surface area contributed by atoms with E-state index in [0.717, 1.165) is 43.1 Å². The summed E-state index contributed by atoms with van der Waals surface area (Å²) in [6.07, 6.45) is 0.897. The first-order chi connectivity index (χ1) is 10.1. The van der Waals surface area contributed by atoms with Crippen molar-refractivity contribution in [1.82, 2.24) is 10.2 Å². The molecule has 1 atom stereocenters. The normalized spacial score (nSPS) is 18.0. The molecule has 1 fully saturated rings. The van der Waals surface area contributed by atoms with Crippen LogP contribution in [0, 0.1) is 12.8 Å². The molecular formula is C16H25N3O2. The van der Waals surface area contributed by atoms with Crippen molar-refractivity contribution in [2.45, 2.75) is 13.3 Å². The highest BCUT2D eigenvalue weighted by Gasteiger charge is 2.23. The lowest BCUT2D eigenvalue weighted by Crippen LogP contribution is -2.25. The van der Waals surface area contributed by atoms with Crippen molar-refractivity contribution in [3.8, 4) is 5.75 Å². The smallest absolute Gasteiger partial charge is 0.228 e. The number of carbonyl (C=O) groups is 1.